The number of nitrogens with one attached hydrogen (secondary N) is 1. The molecular formula is C10H18N2O2S. The first-order chi connectivity index (χ1) is 7.11. The van der Waals surface area contributed by atoms with Crippen LogP contribution in [0.4, 0.5) is 0 Å². The van der Waals surface area contributed by atoms with Crippen molar-refractivity contribution in [3.05, 3.63) is 0 Å². The average Bonchev–Trinajstić information content (AvgIpc) is 2.61. The molecule has 1 N–H and O–H groups in total. The van der Waals surface area contributed by atoms with E-state index in [-0.39, 0.29) is 12.5 Å². The summed E-state index contributed by atoms with van der Waals surface area (Å²) in [4.78, 5) is 15.2. The van der Waals surface area contributed by atoms with Crippen molar-refractivity contribution in [2.75, 3.05) is 20.2 Å². The molecule has 1 rings (SSSR count). The molecule has 4 nitrogen and oxygen atoms in total. The third kappa shape index (κ3) is 4.55. The minimum atomic E-state index is -0.259. The summed E-state index contributed by atoms with van der Waals surface area (Å²) in [6.07, 6.45) is 1.16. The molecule has 0 aliphatic carbocycles. The molecule has 86 valence electrons. The largest absolute Gasteiger partial charge is 0.468 e. The number of hydrogen-bond acceptors (Lipinski definition) is 5. The summed E-state index contributed by atoms with van der Waals surface area (Å²) in [5.74, 6) is 0.434. The molecule has 1 atom stereocenters. The zero-order valence-corrected chi connectivity index (χ0v) is 10.3. The minimum Gasteiger partial charge on any atom is -0.468 e. The molecule has 0 saturated carbocycles. The number of esters is 1. The lowest BCUT2D eigenvalue weighted by atomic mass is 10.1. The molecule has 0 fully saturated rings. The number of carbonyl (C=O) groups excluding carboxylic acids is 1. The van der Waals surface area contributed by atoms with Crippen molar-refractivity contribution in [2.45, 2.75) is 25.5 Å². The lowest BCUT2D eigenvalue weighted by Crippen LogP contribution is -2.27. The molecule has 0 aromatic heterocycles. The summed E-state index contributed by atoms with van der Waals surface area (Å²) in [5, 5.41) is 4.40. The van der Waals surface area contributed by atoms with Crippen LogP contribution in [0.2, 0.25) is 0 Å². The number of amidine groups is 1. The molecule has 1 heterocycles. The van der Waals surface area contributed by atoms with Crippen LogP contribution >= 0.6 is 11.8 Å². The van der Waals surface area contributed by atoms with Crippen molar-refractivity contribution >= 4 is 22.9 Å². The second kappa shape index (κ2) is 6.00. The number of nitrogens with zero attached hydrogens (tertiary/aromatic N) is 1. The Morgan fingerprint density at radius 2 is 2.47 bits per heavy atom. The maximum Gasteiger partial charge on any atom is 0.325 e. The van der Waals surface area contributed by atoms with Crippen molar-refractivity contribution in [2.24, 2.45) is 10.9 Å². The van der Waals surface area contributed by atoms with E-state index in [9.17, 15) is 4.79 Å². The molecule has 15 heavy (non-hydrogen) atoms. The van der Waals surface area contributed by atoms with Crippen molar-refractivity contribution < 1.29 is 9.53 Å². The van der Waals surface area contributed by atoms with Crippen LogP contribution in [0.3, 0.4) is 0 Å². The minimum absolute atomic E-state index is 0.205. The molecule has 0 bridgehead atoms. The second-order valence-corrected chi connectivity index (χ2v) is 5.23. The van der Waals surface area contributed by atoms with Crippen molar-refractivity contribution in [3.63, 3.8) is 0 Å². The summed E-state index contributed by atoms with van der Waals surface area (Å²) in [6.45, 7) is 5.48. The highest BCUT2D eigenvalue weighted by Gasteiger charge is 2.20. The smallest absolute Gasteiger partial charge is 0.325 e. The number of methoxy groups -OCH3 is 1. The van der Waals surface area contributed by atoms with Gasteiger partial charge in [0.15, 0.2) is 5.17 Å². The maximum absolute atomic E-state index is 10.9. The number of ether oxygens (including phenoxy) is 1. The molecule has 1 unspecified atom stereocenters. The van der Waals surface area contributed by atoms with Crippen LogP contribution in [0.5, 0.6) is 0 Å². The Morgan fingerprint density at radius 1 is 1.73 bits per heavy atom. The monoisotopic (exact) mass is 230 g/mol. The van der Waals surface area contributed by atoms with Gasteiger partial charge in [-0.15, -0.1) is 0 Å². The first-order valence-electron chi connectivity index (χ1n) is 5.13. The fourth-order valence-electron chi connectivity index (χ4n) is 1.38. The summed E-state index contributed by atoms with van der Waals surface area (Å²) >= 11 is 1.72. The Hall–Kier alpha value is -0.710. The van der Waals surface area contributed by atoms with Gasteiger partial charge in [0.1, 0.15) is 6.54 Å². The van der Waals surface area contributed by atoms with Gasteiger partial charge >= 0.3 is 5.97 Å². The van der Waals surface area contributed by atoms with Gasteiger partial charge in [-0.3, -0.25) is 9.79 Å². The van der Waals surface area contributed by atoms with Crippen molar-refractivity contribution in [1.82, 2.24) is 5.32 Å². The fourth-order valence-corrected chi connectivity index (χ4v) is 2.63. The van der Waals surface area contributed by atoms with Crippen molar-refractivity contribution in [3.8, 4) is 0 Å². The van der Waals surface area contributed by atoms with Crippen LogP contribution in [-0.4, -0.2) is 36.6 Å². The highest BCUT2D eigenvalue weighted by atomic mass is 32.2. The zero-order chi connectivity index (χ0) is 11.3. The van der Waals surface area contributed by atoms with Crippen LogP contribution in [0.1, 0.15) is 20.3 Å². The SMILES string of the molecule is COC(=O)CNC1=NCC(CC(C)C)S1. The molecule has 1 aliphatic heterocycles. The Kier molecular flexibility index (Phi) is 4.94. The van der Waals surface area contributed by atoms with Gasteiger partial charge in [0.2, 0.25) is 0 Å². The standard InChI is InChI=1S/C10H18N2O2S/c1-7(2)4-8-5-11-10(15-8)12-6-9(13)14-3/h7-8H,4-6H2,1-3H3,(H,11,12). The van der Waals surface area contributed by atoms with Crippen LogP contribution in [0, 0.1) is 5.92 Å². The van der Waals surface area contributed by atoms with Crippen LogP contribution < -0.4 is 5.32 Å². The number of aliphatic imine (C=N–C) groups is 1. The third-order valence-corrected chi connectivity index (χ3v) is 3.23. The number of rotatable bonds is 4. The Bertz CT molecular complexity index is 254. The molecule has 5 heteroatoms. The number of carbonyl (C=O) groups is 1. The van der Waals surface area contributed by atoms with Crippen LogP contribution in [0.25, 0.3) is 0 Å². The first kappa shape index (κ1) is 12.4. The second-order valence-electron chi connectivity index (χ2n) is 3.94. The molecule has 0 aromatic rings. The van der Waals surface area contributed by atoms with Gasteiger partial charge in [0, 0.05) is 5.25 Å². The van der Waals surface area contributed by atoms with E-state index in [1.54, 1.807) is 11.8 Å². The fraction of sp³-hybridized carbons (Fsp3) is 0.800. The molecule has 0 amide bonds. The van der Waals surface area contributed by atoms with Gasteiger partial charge in [-0.2, -0.15) is 0 Å². The molecule has 1 aliphatic rings. The van der Waals surface area contributed by atoms with Gasteiger partial charge in [0.05, 0.1) is 13.7 Å². The predicted octanol–water partition coefficient (Wildman–Crippen LogP) is 1.27. The summed E-state index contributed by atoms with van der Waals surface area (Å²) < 4.78 is 4.54. The quantitative estimate of drug-likeness (QED) is 0.739. The molecule has 0 aromatic carbocycles. The van der Waals surface area contributed by atoms with E-state index in [4.69, 9.17) is 0 Å². The summed E-state index contributed by atoms with van der Waals surface area (Å²) in [7, 11) is 1.38. The van der Waals surface area contributed by atoms with E-state index in [2.05, 4.69) is 28.9 Å². The van der Waals surface area contributed by atoms with E-state index in [0.29, 0.717) is 11.2 Å². The molecule has 0 radical (unpaired) electrons. The zero-order valence-electron chi connectivity index (χ0n) is 9.45. The van der Waals surface area contributed by atoms with Gasteiger partial charge in [-0.1, -0.05) is 25.6 Å². The Labute approximate surface area is 94.9 Å². The van der Waals surface area contributed by atoms with Crippen molar-refractivity contribution in [1.29, 1.82) is 0 Å². The average molecular weight is 230 g/mol. The van der Waals surface area contributed by atoms with Gasteiger partial charge < -0.3 is 10.1 Å². The summed E-state index contributed by atoms with van der Waals surface area (Å²) in [6, 6.07) is 0. The predicted molar refractivity (Wildman–Crippen MR) is 63.2 cm³/mol. The first-order valence-corrected chi connectivity index (χ1v) is 6.01. The van der Waals surface area contributed by atoms with Gasteiger partial charge in [-0.05, 0) is 12.3 Å². The normalized spacial score (nSPS) is 20.3. The van der Waals surface area contributed by atoms with E-state index in [0.717, 1.165) is 18.1 Å². The van der Waals surface area contributed by atoms with E-state index in [1.807, 2.05) is 0 Å². The Balaban J connectivity index is 2.21. The maximum atomic E-state index is 10.9. The van der Waals surface area contributed by atoms with E-state index >= 15 is 0 Å². The lowest BCUT2D eigenvalue weighted by Gasteiger charge is -2.10. The molecule has 0 spiro atoms. The highest BCUT2D eigenvalue weighted by molar-refractivity contribution is 8.14. The van der Waals surface area contributed by atoms with E-state index < -0.39 is 0 Å². The Morgan fingerprint density at radius 3 is 3.07 bits per heavy atom. The summed E-state index contributed by atoms with van der Waals surface area (Å²) in [5.41, 5.74) is 0. The van der Waals surface area contributed by atoms with E-state index in [1.165, 1.54) is 7.11 Å². The van der Waals surface area contributed by atoms with Crippen LogP contribution in [0.15, 0.2) is 4.99 Å². The third-order valence-electron chi connectivity index (χ3n) is 2.06. The highest BCUT2D eigenvalue weighted by Crippen LogP contribution is 2.25. The number of thioether (sulfide) groups is 1. The van der Waals surface area contributed by atoms with Gasteiger partial charge in [0.25, 0.3) is 0 Å². The number of hydrogen-bond donors (Lipinski definition) is 1. The van der Waals surface area contributed by atoms with Gasteiger partial charge in [-0.25, -0.2) is 0 Å². The lowest BCUT2D eigenvalue weighted by molar-refractivity contribution is -0.139. The molecule has 0 saturated heterocycles. The van der Waals surface area contributed by atoms with Crippen LogP contribution in [-0.2, 0) is 9.53 Å². The topological polar surface area (TPSA) is 50.7 Å². The molecular weight excluding hydrogens is 212 g/mol.